The summed E-state index contributed by atoms with van der Waals surface area (Å²) in [5.74, 6) is 2.20. The molecule has 28 heavy (non-hydrogen) atoms. The van der Waals surface area contributed by atoms with Crippen molar-refractivity contribution in [1.82, 2.24) is 4.90 Å². The second-order valence-electron chi connectivity index (χ2n) is 6.98. The number of likely N-dealkylation sites (tertiary alicyclic amines) is 1. The standard InChI is InChI=1S/C22H23NO4S/c24-21(15-28-18-6-7-19-20(14-18)27-13-12-26-19)23-10-8-17(9-11-23)22(25)16-4-2-1-3-5-16/h1-7,14,17H,8-13,15H2. The third-order valence-electron chi connectivity index (χ3n) is 5.15. The summed E-state index contributed by atoms with van der Waals surface area (Å²) in [5, 5.41) is 0. The molecule has 6 heteroatoms. The molecule has 2 heterocycles. The number of Topliss-reactive ketones (excluding diaryl/α,β-unsaturated/α-hetero) is 1. The van der Waals surface area contributed by atoms with Crippen LogP contribution < -0.4 is 9.47 Å². The molecule has 1 amide bonds. The van der Waals surface area contributed by atoms with Crippen molar-refractivity contribution in [3.8, 4) is 11.5 Å². The second-order valence-corrected chi connectivity index (χ2v) is 8.03. The lowest BCUT2D eigenvalue weighted by Gasteiger charge is -2.31. The third kappa shape index (κ3) is 4.33. The molecule has 0 bridgehead atoms. The number of carbonyl (C=O) groups excluding carboxylic acids is 2. The van der Waals surface area contributed by atoms with Gasteiger partial charge in [-0.15, -0.1) is 11.8 Å². The van der Waals surface area contributed by atoms with E-state index in [1.165, 1.54) is 11.8 Å². The van der Waals surface area contributed by atoms with Gasteiger partial charge in [-0.2, -0.15) is 0 Å². The van der Waals surface area contributed by atoms with Crippen molar-refractivity contribution < 1.29 is 19.1 Å². The zero-order valence-electron chi connectivity index (χ0n) is 15.6. The fourth-order valence-electron chi connectivity index (χ4n) is 3.58. The number of nitrogens with zero attached hydrogens (tertiary/aromatic N) is 1. The molecular weight excluding hydrogens is 374 g/mol. The fourth-order valence-corrected chi connectivity index (χ4v) is 4.41. The van der Waals surface area contributed by atoms with Gasteiger partial charge in [0.1, 0.15) is 13.2 Å². The molecule has 1 saturated heterocycles. The Morgan fingerprint density at radius 3 is 2.43 bits per heavy atom. The van der Waals surface area contributed by atoms with E-state index in [0.717, 1.165) is 34.8 Å². The van der Waals surface area contributed by atoms with E-state index in [1.54, 1.807) is 0 Å². The van der Waals surface area contributed by atoms with Crippen molar-refractivity contribution in [2.45, 2.75) is 17.7 Å². The number of carbonyl (C=O) groups is 2. The van der Waals surface area contributed by atoms with Crippen molar-refractivity contribution in [3.05, 3.63) is 54.1 Å². The largest absolute Gasteiger partial charge is 0.486 e. The van der Waals surface area contributed by atoms with Crippen LogP contribution in [0, 0.1) is 5.92 Å². The lowest BCUT2D eigenvalue weighted by Crippen LogP contribution is -2.41. The summed E-state index contributed by atoms with van der Waals surface area (Å²) in [4.78, 5) is 28.0. The maximum absolute atomic E-state index is 12.6. The molecular formula is C22H23NO4S. The summed E-state index contributed by atoms with van der Waals surface area (Å²) >= 11 is 1.51. The highest BCUT2D eigenvalue weighted by atomic mass is 32.2. The van der Waals surface area contributed by atoms with E-state index in [1.807, 2.05) is 53.4 Å². The molecule has 2 aromatic rings. The summed E-state index contributed by atoms with van der Waals surface area (Å²) in [7, 11) is 0. The van der Waals surface area contributed by atoms with Gasteiger partial charge in [0, 0.05) is 29.5 Å². The van der Waals surface area contributed by atoms with Crippen molar-refractivity contribution in [2.75, 3.05) is 32.1 Å². The molecule has 0 atom stereocenters. The molecule has 0 unspecified atom stereocenters. The smallest absolute Gasteiger partial charge is 0.232 e. The summed E-state index contributed by atoms with van der Waals surface area (Å²) in [6.45, 7) is 2.41. The van der Waals surface area contributed by atoms with Crippen LogP contribution in [0.5, 0.6) is 11.5 Å². The van der Waals surface area contributed by atoms with E-state index < -0.39 is 0 Å². The van der Waals surface area contributed by atoms with Gasteiger partial charge >= 0.3 is 0 Å². The molecule has 0 aromatic heterocycles. The van der Waals surface area contributed by atoms with Gasteiger partial charge in [0.05, 0.1) is 5.75 Å². The quantitative estimate of drug-likeness (QED) is 0.569. The zero-order chi connectivity index (χ0) is 19.3. The number of hydrogen-bond acceptors (Lipinski definition) is 5. The average Bonchev–Trinajstić information content (AvgIpc) is 2.77. The Hall–Kier alpha value is -2.47. The normalized spacial score (nSPS) is 16.6. The maximum Gasteiger partial charge on any atom is 0.232 e. The Labute approximate surface area is 169 Å². The van der Waals surface area contributed by atoms with Crippen molar-refractivity contribution in [2.24, 2.45) is 5.92 Å². The lowest BCUT2D eigenvalue weighted by atomic mass is 9.89. The number of hydrogen-bond donors (Lipinski definition) is 0. The predicted molar refractivity (Wildman–Crippen MR) is 108 cm³/mol. The van der Waals surface area contributed by atoms with Crippen LogP contribution in [0.1, 0.15) is 23.2 Å². The van der Waals surface area contributed by atoms with Crippen LogP contribution in [-0.2, 0) is 4.79 Å². The molecule has 0 aliphatic carbocycles. The minimum atomic E-state index is 0.0110. The minimum Gasteiger partial charge on any atom is -0.486 e. The monoisotopic (exact) mass is 397 g/mol. The van der Waals surface area contributed by atoms with E-state index in [9.17, 15) is 9.59 Å². The number of ketones is 1. The summed E-state index contributed by atoms with van der Waals surface area (Å²) in [6, 6.07) is 15.2. The van der Waals surface area contributed by atoms with Gasteiger partial charge in [-0.05, 0) is 31.0 Å². The van der Waals surface area contributed by atoms with Crippen molar-refractivity contribution in [1.29, 1.82) is 0 Å². The van der Waals surface area contributed by atoms with Gasteiger partial charge in [0.15, 0.2) is 17.3 Å². The number of fused-ring (bicyclic) bond motifs is 1. The second kappa shape index (κ2) is 8.69. The Kier molecular flexibility index (Phi) is 5.86. The highest BCUT2D eigenvalue weighted by Crippen LogP contribution is 2.34. The van der Waals surface area contributed by atoms with Crippen LogP contribution in [0.3, 0.4) is 0 Å². The number of benzene rings is 2. The third-order valence-corrected chi connectivity index (χ3v) is 6.13. The predicted octanol–water partition coefficient (Wildman–Crippen LogP) is 3.67. The SMILES string of the molecule is O=C(c1ccccc1)C1CCN(C(=O)CSc2ccc3c(c2)OCCO3)CC1. The molecule has 2 aliphatic heterocycles. The summed E-state index contributed by atoms with van der Waals surface area (Å²) < 4.78 is 11.1. The highest BCUT2D eigenvalue weighted by molar-refractivity contribution is 8.00. The Morgan fingerprint density at radius 1 is 0.964 bits per heavy atom. The van der Waals surface area contributed by atoms with E-state index in [0.29, 0.717) is 32.1 Å². The maximum atomic E-state index is 12.6. The van der Waals surface area contributed by atoms with Gasteiger partial charge in [-0.25, -0.2) is 0 Å². The van der Waals surface area contributed by atoms with E-state index in [4.69, 9.17) is 9.47 Å². The molecule has 0 spiro atoms. The molecule has 2 aromatic carbocycles. The molecule has 0 saturated carbocycles. The Balaban J connectivity index is 1.27. The molecule has 0 N–H and O–H groups in total. The number of amides is 1. The van der Waals surface area contributed by atoms with Crippen LogP contribution in [-0.4, -0.2) is 48.6 Å². The van der Waals surface area contributed by atoms with Gasteiger partial charge in [0.25, 0.3) is 0 Å². The number of rotatable bonds is 5. The van der Waals surface area contributed by atoms with Gasteiger partial charge in [0.2, 0.25) is 5.91 Å². The van der Waals surface area contributed by atoms with Crippen LogP contribution in [0.2, 0.25) is 0 Å². The Morgan fingerprint density at radius 2 is 1.68 bits per heavy atom. The van der Waals surface area contributed by atoms with Crippen molar-refractivity contribution >= 4 is 23.5 Å². The first kappa shape index (κ1) is 18.9. The molecule has 146 valence electrons. The number of piperidine rings is 1. The molecule has 5 nitrogen and oxygen atoms in total. The highest BCUT2D eigenvalue weighted by Gasteiger charge is 2.27. The average molecular weight is 397 g/mol. The van der Waals surface area contributed by atoms with E-state index in [2.05, 4.69) is 0 Å². The minimum absolute atomic E-state index is 0.0110. The first-order chi connectivity index (χ1) is 13.7. The lowest BCUT2D eigenvalue weighted by molar-refractivity contribution is -0.129. The van der Waals surface area contributed by atoms with Gasteiger partial charge in [-0.1, -0.05) is 30.3 Å². The van der Waals surface area contributed by atoms with Gasteiger partial charge < -0.3 is 14.4 Å². The number of ether oxygens (including phenoxy) is 2. The fraction of sp³-hybridized carbons (Fsp3) is 0.364. The summed E-state index contributed by atoms with van der Waals surface area (Å²) in [6.07, 6.45) is 1.46. The Bertz CT molecular complexity index is 847. The van der Waals surface area contributed by atoms with Crippen LogP contribution in [0.4, 0.5) is 0 Å². The first-order valence-electron chi connectivity index (χ1n) is 9.60. The topological polar surface area (TPSA) is 55.8 Å². The zero-order valence-corrected chi connectivity index (χ0v) is 16.5. The molecule has 4 rings (SSSR count). The molecule has 2 aliphatic rings. The van der Waals surface area contributed by atoms with Crippen LogP contribution in [0.15, 0.2) is 53.4 Å². The van der Waals surface area contributed by atoms with Crippen LogP contribution >= 0.6 is 11.8 Å². The molecule has 1 fully saturated rings. The number of thioether (sulfide) groups is 1. The first-order valence-corrected chi connectivity index (χ1v) is 10.6. The molecule has 0 radical (unpaired) electrons. The van der Waals surface area contributed by atoms with Crippen LogP contribution in [0.25, 0.3) is 0 Å². The summed E-state index contributed by atoms with van der Waals surface area (Å²) in [5.41, 5.74) is 0.765. The van der Waals surface area contributed by atoms with E-state index in [-0.39, 0.29) is 17.6 Å². The van der Waals surface area contributed by atoms with Crippen molar-refractivity contribution in [3.63, 3.8) is 0 Å². The van der Waals surface area contributed by atoms with Gasteiger partial charge in [-0.3, -0.25) is 9.59 Å². The van der Waals surface area contributed by atoms with E-state index >= 15 is 0 Å².